The van der Waals surface area contributed by atoms with Crippen molar-refractivity contribution in [1.29, 1.82) is 0 Å². The number of rotatable bonds is 7. The zero-order chi connectivity index (χ0) is 16.3. The van der Waals surface area contributed by atoms with Crippen LogP contribution in [0.3, 0.4) is 0 Å². The van der Waals surface area contributed by atoms with E-state index in [-0.39, 0.29) is 11.8 Å². The van der Waals surface area contributed by atoms with Crippen molar-refractivity contribution < 1.29 is 12.9 Å². The number of nitrogens with zero attached hydrogens (tertiary/aromatic N) is 1. The fourth-order valence-corrected chi connectivity index (χ4v) is 4.15. The Morgan fingerprint density at radius 1 is 1.26 bits per heavy atom. The second-order valence-electron chi connectivity index (χ2n) is 5.96. The number of fused-ring (bicyclic) bond motifs is 1. The first-order valence-electron chi connectivity index (χ1n) is 7.73. The molecule has 3 rings (SSSR count). The normalized spacial score (nSPS) is 20.6. The highest BCUT2D eigenvalue weighted by Gasteiger charge is 2.28. The van der Waals surface area contributed by atoms with Crippen molar-refractivity contribution in [3.63, 3.8) is 0 Å². The minimum Gasteiger partial charge on any atom is -0.364 e. The fourth-order valence-electron chi connectivity index (χ4n) is 3.10. The lowest BCUT2D eigenvalue weighted by Crippen LogP contribution is -2.35. The summed E-state index contributed by atoms with van der Waals surface area (Å²) in [5.41, 5.74) is 3.11. The van der Waals surface area contributed by atoms with Crippen LogP contribution in [0.15, 0.2) is 41.1 Å². The van der Waals surface area contributed by atoms with Crippen LogP contribution >= 0.6 is 0 Å². The van der Waals surface area contributed by atoms with Crippen molar-refractivity contribution in [1.82, 2.24) is 15.2 Å². The SMILES string of the molecule is C[C@@H]1Cc2ccccc2[C@H]1NCCNS(=O)(=O)Cc1ccon1. The topological polar surface area (TPSA) is 84.2 Å². The van der Waals surface area contributed by atoms with Crippen LogP contribution in [0.5, 0.6) is 0 Å². The van der Waals surface area contributed by atoms with E-state index in [4.69, 9.17) is 0 Å². The maximum atomic E-state index is 11.9. The smallest absolute Gasteiger partial charge is 0.217 e. The summed E-state index contributed by atoms with van der Waals surface area (Å²) in [6.07, 6.45) is 2.43. The molecule has 0 aliphatic heterocycles. The lowest BCUT2D eigenvalue weighted by Gasteiger charge is -2.19. The van der Waals surface area contributed by atoms with Gasteiger partial charge >= 0.3 is 0 Å². The molecule has 0 unspecified atom stereocenters. The Kier molecular flexibility index (Phi) is 4.79. The summed E-state index contributed by atoms with van der Waals surface area (Å²) in [7, 11) is -3.39. The van der Waals surface area contributed by atoms with Gasteiger partial charge in [0, 0.05) is 25.2 Å². The summed E-state index contributed by atoms with van der Waals surface area (Å²) in [6, 6.07) is 10.2. The van der Waals surface area contributed by atoms with E-state index in [9.17, 15) is 8.42 Å². The maximum absolute atomic E-state index is 11.9. The van der Waals surface area contributed by atoms with Crippen LogP contribution in [0.25, 0.3) is 0 Å². The minimum atomic E-state index is -3.39. The van der Waals surface area contributed by atoms with Gasteiger partial charge in [-0.05, 0) is 23.5 Å². The van der Waals surface area contributed by atoms with E-state index < -0.39 is 10.0 Å². The highest BCUT2D eigenvalue weighted by molar-refractivity contribution is 7.88. The number of sulfonamides is 1. The number of hydrogen-bond acceptors (Lipinski definition) is 5. The molecular formula is C16H21N3O3S. The van der Waals surface area contributed by atoms with Crippen molar-refractivity contribution in [3.8, 4) is 0 Å². The van der Waals surface area contributed by atoms with E-state index in [0.717, 1.165) is 6.42 Å². The van der Waals surface area contributed by atoms with Crippen LogP contribution in [0.1, 0.15) is 29.8 Å². The summed E-state index contributed by atoms with van der Waals surface area (Å²) in [6.45, 7) is 3.15. The quantitative estimate of drug-likeness (QED) is 0.751. The zero-order valence-corrected chi connectivity index (χ0v) is 13.8. The van der Waals surface area contributed by atoms with Crippen LogP contribution in [0.4, 0.5) is 0 Å². The molecule has 1 heterocycles. The van der Waals surface area contributed by atoms with Gasteiger partial charge in [0.15, 0.2) is 0 Å². The highest BCUT2D eigenvalue weighted by atomic mass is 32.2. The molecule has 1 aromatic carbocycles. The Hall–Kier alpha value is -1.70. The summed E-state index contributed by atoms with van der Waals surface area (Å²) in [4.78, 5) is 0. The van der Waals surface area contributed by atoms with Gasteiger partial charge in [-0.2, -0.15) is 0 Å². The molecule has 0 spiro atoms. The van der Waals surface area contributed by atoms with Crippen LogP contribution in [-0.2, 0) is 22.2 Å². The first kappa shape index (κ1) is 16.2. The Labute approximate surface area is 136 Å². The van der Waals surface area contributed by atoms with Gasteiger partial charge < -0.3 is 9.84 Å². The molecule has 1 aromatic heterocycles. The minimum absolute atomic E-state index is 0.161. The van der Waals surface area contributed by atoms with Gasteiger partial charge in [-0.25, -0.2) is 13.1 Å². The second kappa shape index (κ2) is 6.82. The third-order valence-electron chi connectivity index (χ3n) is 4.14. The summed E-state index contributed by atoms with van der Waals surface area (Å²) in [5.74, 6) is 0.353. The number of benzene rings is 1. The number of aromatic nitrogens is 1. The van der Waals surface area contributed by atoms with Crippen molar-refractivity contribution >= 4 is 10.0 Å². The van der Waals surface area contributed by atoms with Crippen LogP contribution < -0.4 is 10.0 Å². The van der Waals surface area contributed by atoms with Gasteiger partial charge in [0.1, 0.15) is 12.0 Å². The zero-order valence-electron chi connectivity index (χ0n) is 13.0. The van der Waals surface area contributed by atoms with Gasteiger partial charge in [-0.15, -0.1) is 0 Å². The predicted octanol–water partition coefficient (Wildman–Crippen LogP) is 1.62. The lowest BCUT2D eigenvalue weighted by molar-refractivity contribution is 0.413. The average Bonchev–Trinajstić information content (AvgIpc) is 3.10. The standard InChI is InChI=1S/C16H21N3O3S/c1-12-10-13-4-2-3-5-15(13)16(12)17-7-8-18-23(20,21)11-14-6-9-22-19-14/h2-6,9,12,16-18H,7-8,10-11H2,1H3/t12-,16+/m1/s1. The largest absolute Gasteiger partial charge is 0.364 e. The molecule has 0 bridgehead atoms. The van der Waals surface area contributed by atoms with Crippen LogP contribution in [-0.4, -0.2) is 26.7 Å². The van der Waals surface area contributed by atoms with E-state index in [0.29, 0.717) is 24.7 Å². The molecule has 124 valence electrons. The average molecular weight is 335 g/mol. The van der Waals surface area contributed by atoms with Gasteiger partial charge in [0.25, 0.3) is 0 Å². The first-order valence-corrected chi connectivity index (χ1v) is 9.38. The summed E-state index contributed by atoms with van der Waals surface area (Å²) < 4.78 is 31.1. The Bertz CT molecular complexity index is 744. The predicted molar refractivity (Wildman–Crippen MR) is 87.2 cm³/mol. The number of hydrogen-bond donors (Lipinski definition) is 2. The van der Waals surface area contributed by atoms with Crippen molar-refractivity contribution in [3.05, 3.63) is 53.4 Å². The fraction of sp³-hybridized carbons (Fsp3) is 0.438. The Morgan fingerprint density at radius 3 is 2.87 bits per heavy atom. The molecule has 7 heteroatoms. The molecule has 1 aliphatic rings. The summed E-state index contributed by atoms with van der Waals surface area (Å²) in [5, 5.41) is 7.08. The van der Waals surface area contributed by atoms with Crippen molar-refractivity contribution in [2.75, 3.05) is 13.1 Å². The van der Waals surface area contributed by atoms with E-state index in [1.807, 2.05) is 6.07 Å². The monoisotopic (exact) mass is 335 g/mol. The van der Waals surface area contributed by atoms with Crippen LogP contribution in [0, 0.1) is 5.92 Å². The third kappa shape index (κ3) is 3.99. The van der Waals surface area contributed by atoms with Gasteiger partial charge in [0.05, 0.1) is 5.69 Å². The highest BCUT2D eigenvalue weighted by Crippen LogP contribution is 2.35. The molecular weight excluding hydrogens is 314 g/mol. The second-order valence-corrected chi connectivity index (χ2v) is 7.76. The van der Waals surface area contributed by atoms with Crippen molar-refractivity contribution in [2.24, 2.45) is 5.92 Å². The van der Waals surface area contributed by atoms with E-state index in [1.54, 1.807) is 6.07 Å². The molecule has 2 aromatic rings. The molecule has 0 amide bonds. The van der Waals surface area contributed by atoms with E-state index in [1.165, 1.54) is 17.4 Å². The summed E-state index contributed by atoms with van der Waals surface area (Å²) >= 11 is 0. The first-order chi connectivity index (χ1) is 11.1. The molecule has 0 fully saturated rings. The van der Waals surface area contributed by atoms with E-state index in [2.05, 4.69) is 44.8 Å². The molecule has 0 saturated heterocycles. The van der Waals surface area contributed by atoms with Crippen LogP contribution in [0.2, 0.25) is 0 Å². The molecule has 6 nitrogen and oxygen atoms in total. The Morgan fingerprint density at radius 2 is 2.09 bits per heavy atom. The molecule has 2 atom stereocenters. The lowest BCUT2D eigenvalue weighted by atomic mass is 10.0. The molecule has 0 radical (unpaired) electrons. The molecule has 2 N–H and O–H groups in total. The van der Waals surface area contributed by atoms with Crippen molar-refractivity contribution in [2.45, 2.75) is 25.1 Å². The van der Waals surface area contributed by atoms with Gasteiger partial charge in [-0.1, -0.05) is 36.3 Å². The molecule has 23 heavy (non-hydrogen) atoms. The van der Waals surface area contributed by atoms with Gasteiger partial charge in [0.2, 0.25) is 10.0 Å². The third-order valence-corrected chi connectivity index (χ3v) is 5.46. The molecule has 0 saturated carbocycles. The molecule has 1 aliphatic carbocycles. The maximum Gasteiger partial charge on any atom is 0.217 e. The van der Waals surface area contributed by atoms with Gasteiger partial charge in [-0.3, -0.25) is 0 Å². The van der Waals surface area contributed by atoms with E-state index >= 15 is 0 Å². The Balaban J connectivity index is 1.48. The number of nitrogens with one attached hydrogen (secondary N) is 2.